The zero-order valence-corrected chi connectivity index (χ0v) is 14.4. The Morgan fingerprint density at radius 2 is 1.92 bits per heavy atom. The van der Waals surface area contributed by atoms with E-state index < -0.39 is 23.3 Å². The molecule has 0 unspecified atom stereocenters. The number of benzene rings is 1. The zero-order valence-electron chi connectivity index (χ0n) is 12.2. The van der Waals surface area contributed by atoms with Crippen molar-refractivity contribution in [3.63, 3.8) is 0 Å². The largest absolute Gasteiger partial charge is 0.476 e. The van der Waals surface area contributed by atoms with Crippen LogP contribution in [-0.4, -0.2) is 22.4 Å². The van der Waals surface area contributed by atoms with Crippen molar-refractivity contribution in [3.05, 3.63) is 55.1 Å². The van der Waals surface area contributed by atoms with E-state index in [0.29, 0.717) is 5.69 Å². The number of amides is 1. The van der Waals surface area contributed by atoms with Crippen LogP contribution in [0.4, 0.5) is 11.5 Å². The average Bonchev–Trinajstić information content (AvgIpc) is 2.51. The van der Waals surface area contributed by atoms with E-state index in [1.54, 1.807) is 6.92 Å². The van der Waals surface area contributed by atoms with Gasteiger partial charge in [-0.2, -0.15) is 0 Å². The van der Waals surface area contributed by atoms with Crippen molar-refractivity contribution < 1.29 is 14.5 Å². The number of carbonyl (C=O) groups is 1. The van der Waals surface area contributed by atoms with E-state index in [2.05, 4.69) is 10.3 Å². The molecule has 0 aliphatic heterocycles. The van der Waals surface area contributed by atoms with Gasteiger partial charge in [0.1, 0.15) is 5.69 Å². The number of nitrogens with zero attached hydrogens (tertiary/aromatic N) is 2. The highest BCUT2D eigenvalue weighted by Gasteiger charge is 2.19. The van der Waals surface area contributed by atoms with Crippen LogP contribution in [0.3, 0.4) is 0 Å². The fourth-order valence-corrected chi connectivity index (χ4v) is 2.32. The number of rotatable bonds is 5. The molecule has 0 fully saturated rings. The van der Waals surface area contributed by atoms with Gasteiger partial charge in [0.25, 0.3) is 5.91 Å². The third kappa shape index (κ3) is 4.47. The van der Waals surface area contributed by atoms with E-state index in [9.17, 15) is 14.9 Å². The van der Waals surface area contributed by atoms with Gasteiger partial charge in [0.2, 0.25) is 5.75 Å². The zero-order chi connectivity index (χ0) is 17.9. The van der Waals surface area contributed by atoms with Crippen LogP contribution in [0.15, 0.2) is 24.3 Å². The number of halogens is 3. The third-order valence-electron chi connectivity index (χ3n) is 2.79. The summed E-state index contributed by atoms with van der Waals surface area (Å²) in [7, 11) is 0. The van der Waals surface area contributed by atoms with E-state index in [1.165, 1.54) is 24.3 Å². The molecule has 0 bridgehead atoms. The van der Waals surface area contributed by atoms with E-state index in [0.717, 1.165) is 0 Å². The van der Waals surface area contributed by atoms with Gasteiger partial charge in [-0.3, -0.25) is 4.79 Å². The Kier molecular flexibility index (Phi) is 5.82. The lowest BCUT2D eigenvalue weighted by molar-refractivity contribution is -0.390. The molecule has 1 aromatic heterocycles. The molecule has 126 valence electrons. The summed E-state index contributed by atoms with van der Waals surface area (Å²) in [6.07, 6.45) is 0. The predicted octanol–water partition coefficient (Wildman–Crippen LogP) is 4.28. The number of pyridine rings is 1. The van der Waals surface area contributed by atoms with Gasteiger partial charge in [0, 0.05) is 6.92 Å². The summed E-state index contributed by atoms with van der Waals surface area (Å²) in [6.45, 7) is 1.14. The Labute approximate surface area is 151 Å². The second kappa shape index (κ2) is 7.65. The molecule has 10 heteroatoms. The van der Waals surface area contributed by atoms with Gasteiger partial charge in [0.05, 0.1) is 20.8 Å². The van der Waals surface area contributed by atoms with Crippen molar-refractivity contribution in [2.24, 2.45) is 0 Å². The van der Waals surface area contributed by atoms with Crippen molar-refractivity contribution in [3.8, 4) is 5.75 Å². The molecule has 0 atom stereocenters. The lowest BCUT2D eigenvalue weighted by Gasteiger charge is -2.10. The van der Waals surface area contributed by atoms with E-state index in [4.69, 9.17) is 39.5 Å². The first kappa shape index (κ1) is 18.3. The minimum absolute atomic E-state index is 0.110. The predicted molar refractivity (Wildman–Crippen MR) is 91.2 cm³/mol. The Morgan fingerprint density at radius 1 is 1.25 bits per heavy atom. The van der Waals surface area contributed by atoms with Crippen LogP contribution >= 0.6 is 34.8 Å². The van der Waals surface area contributed by atoms with Crippen LogP contribution in [0.1, 0.15) is 5.69 Å². The van der Waals surface area contributed by atoms with Crippen LogP contribution in [0.25, 0.3) is 0 Å². The quantitative estimate of drug-likeness (QED) is 0.467. The molecule has 0 radical (unpaired) electrons. The first-order valence-electron chi connectivity index (χ1n) is 6.47. The summed E-state index contributed by atoms with van der Waals surface area (Å²) in [5.74, 6) is -1.15. The van der Waals surface area contributed by atoms with Crippen LogP contribution in [0.2, 0.25) is 15.1 Å². The topological polar surface area (TPSA) is 94.4 Å². The molecule has 0 aliphatic rings. The fourth-order valence-electron chi connectivity index (χ4n) is 1.72. The van der Waals surface area contributed by atoms with Crippen LogP contribution in [0, 0.1) is 17.0 Å². The molecule has 0 saturated carbocycles. The average molecular weight is 391 g/mol. The maximum atomic E-state index is 11.9. The van der Waals surface area contributed by atoms with Gasteiger partial charge >= 0.3 is 5.82 Å². The lowest BCUT2D eigenvalue weighted by Crippen LogP contribution is -2.20. The summed E-state index contributed by atoms with van der Waals surface area (Å²) in [5, 5.41) is 14.1. The van der Waals surface area contributed by atoms with Crippen molar-refractivity contribution in [2.75, 3.05) is 11.9 Å². The second-order valence-electron chi connectivity index (χ2n) is 4.61. The number of aromatic nitrogens is 1. The molecular formula is C14H10Cl3N3O4. The Hall–Kier alpha value is -2.09. The van der Waals surface area contributed by atoms with Crippen molar-refractivity contribution in [2.45, 2.75) is 6.92 Å². The molecule has 0 spiro atoms. The number of hydrogen-bond acceptors (Lipinski definition) is 5. The van der Waals surface area contributed by atoms with Crippen LogP contribution in [0.5, 0.6) is 5.75 Å². The smallest absolute Gasteiger partial charge is 0.406 e. The molecule has 24 heavy (non-hydrogen) atoms. The number of nitro groups is 1. The van der Waals surface area contributed by atoms with Crippen molar-refractivity contribution >= 4 is 52.2 Å². The van der Waals surface area contributed by atoms with E-state index in [-0.39, 0.29) is 26.5 Å². The Balaban J connectivity index is 2.07. The molecule has 2 rings (SSSR count). The number of aryl methyl sites for hydroxylation is 1. The number of carbonyl (C=O) groups excluding carboxylic acids is 1. The van der Waals surface area contributed by atoms with Crippen molar-refractivity contribution in [1.82, 2.24) is 4.98 Å². The SMILES string of the molecule is Cc1ccc(OCC(=O)Nc2cc(Cl)c(Cl)cc2Cl)c([N+](=O)[O-])n1. The highest BCUT2D eigenvalue weighted by Crippen LogP contribution is 2.32. The Bertz CT molecular complexity index is 814. The Morgan fingerprint density at radius 3 is 2.58 bits per heavy atom. The molecule has 0 aliphatic carbocycles. The van der Waals surface area contributed by atoms with Gasteiger partial charge < -0.3 is 20.2 Å². The first-order chi connectivity index (χ1) is 11.3. The van der Waals surface area contributed by atoms with Gasteiger partial charge in [-0.1, -0.05) is 34.8 Å². The summed E-state index contributed by atoms with van der Waals surface area (Å²) < 4.78 is 5.16. The summed E-state index contributed by atoms with van der Waals surface area (Å²) in [5.41, 5.74) is 0.706. The minimum atomic E-state index is -0.684. The van der Waals surface area contributed by atoms with E-state index >= 15 is 0 Å². The molecule has 0 saturated heterocycles. The minimum Gasteiger partial charge on any atom is -0.476 e. The molecular weight excluding hydrogens is 381 g/mol. The summed E-state index contributed by atoms with van der Waals surface area (Å²) >= 11 is 17.6. The second-order valence-corrected chi connectivity index (χ2v) is 5.84. The normalized spacial score (nSPS) is 10.3. The van der Waals surface area contributed by atoms with Gasteiger partial charge in [-0.05, 0) is 34.2 Å². The first-order valence-corrected chi connectivity index (χ1v) is 7.60. The highest BCUT2D eigenvalue weighted by molar-refractivity contribution is 6.44. The lowest BCUT2D eigenvalue weighted by atomic mass is 10.3. The maximum absolute atomic E-state index is 11.9. The number of hydrogen-bond donors (Lipinski definition) is 1. The highest BCUT2D eigenvalue weighted by atomic mass is 35.5. The molecule has 1 amide bonds. The molecule has 2 aromatic rings. The monoisotopic (exact) mass is 389 g/mol. The standard InChI is InChI=1S/C14H10Cl3N3O4/c1-7-2-3-12(14(18-7)20(22)23)24-6-13(21)19-11-5-9(16)8(15)4-10(11)17/h2-5H,6H2,1H3,(H,19,21). The molecule has 7 nitrogen and oxygen atoms in total. The van der Waals surface area contributed by atoms with Gasteiger partial charge in [-0.25, -0.2) is 0 Å². The van der Waals surface area contributed by atoms with Gasteiger partial charge in [-0.15, -0.1) is 0 Å². The third-order valence-corrected chi connectivity index (χ3v) is 3.83. The van der Waals surface area contributed by atoms with E-state index in [1.807, 2.05) is 0 Å². The molecule has 1 aromatic carbocycles. The molecule has 1 N–H and O–H groups in total. The van der Waals surface area contributed by atoms with Crippen LogP contribution in [-0.2, 0) is 4.79 Å². The summed E-state index contributed by atoms with van der Waals surface area (Å²) in [6, 6.07) is 5.69. The number of anilines is 1. The van der Waals surface area contributed by atoms with Crippen molar-refractivity contribution in [1.29, 1.82) is 0 Å². The number of nitrogens with one attached hydrogen (secondary N) is 1. The summed E-state index contributed by atoms with van der Waals surface area (Å²) in [4.78, 5) is 25.9. The fraction of sp³-hybridized carbons (Fsp3) is 0.143. The molecule has 1 heterocycles. The maximum Gasteiger partial charge on any atom is 0.406 e. The number of ether oxygens (including phenoxy) is 1. The van der Waals surface area contributed by atoms with Gasteiger partial charge in [0.15, 0.2) is 6.61 Å². The van der Waals surface area contributed by atoms with Crippen LogP contribution < -0.4 is 10.1 Å².